The van der Waals surface area contributed by atoms with Gasteiger partial charge in [-0.1, -0.05) is 29.8 Å². The van der Waals surface area contributed by atoms with Crippen molar-refractivity contribution in [2.24, 2.45) is 5.92 Å². The monoisotopic (exact) mass is 328 g/mol. The molecule has 1 saturated heterocycles. The van der Waals surface area contributed by atoms with Crippen LogP contribution in [0, 0.1) is 5.92 Å². The number of anilines is 2. The molecule has 1 aliphatic rings. The normalized spacial score (nSPS) is 16.3. The summed E-state index contributed by atoms with van der Waals surface area (Å²) in [6.45, 7) is 1.99. The number of hydrogen-bond acceptors (Lipinski definition) is 3. The summed E-state index contributed by atoms with van der Waals surface area (Å²) in [5.74, 6) is 0.403. The van der Waals surface area contributed by atoms with Gasteiger partial charge in [-0.25, -0.2) is 0 Å². The molecule has 2 aromatic rings. The van der Waals surface area contributed by atoms with E-state index in [2.05, 4.69) is 17.3 Å². The minimum atomic E-state index is 0.146. The second-order valence-corrected chi connectivity index (χ2v) is 6.59. The lowest BCUT2D eigenvalue weighted by molar-refractivity contribution is 0.0857. The van der Waals surface area contributed by atoms with E-state index in [0.717, 1.165) is 42.9 Å². The molecular formula is C19H21ClN2O. The van der Waals surface area contributed by atoms with Crippen molar-refractivity contribution in [2.75, 3.05) is 25.5 Å². The van der Waals surface area contributed by atoms with Crippen LogP contribution >= 0.6 is 11.6 Å². The summed E-state index contributed by atoms with van der Waals surface area (Å²) in [6, 6.07) is 15.3. The molecule has 1 fully saturated rings. The maximum Gasteiger partial charge on any atom is 0.166 e. The van der Waals surface area contributed by atoms with Crippen LogP contribution in [-0.4, -0.2) is 30.8 Å². The second-order valence-electron chi connectivity index (χ2n) is 6.16. The molecule has 2 aromatic carbocycles. The number of hydrogen-bond donors (Lipinski definition) is 1. The number of Topliss-reactive ketones (excluding diaryl/α,β-unsaturated/α-hetero) is 1. The van der Waals surface area contributed by atoms with Crippen LogP contribution in [0.5, 0.6) is 0 Å². The smallest absolute Gasteiger partial charge is 0.166 e. The molecule has 0 unspecified atom stereocenters. The predicted molar refractivity (Wildman–Crippen MR) is 95.7 cm³/mol. The maximum absolute atomic E-state index is 12.7. The van der Waals surface area contributed by atoms with Crippen molar-refractivity contribution in [1.82, 2.24) is 4.90 Å². The molecule has 4 heteroatoms. The minimum absolute atomic E-state index is 0.146. The van der Waals surface area contributed by atoms with E-state index in [4.69, 9.17) is 11.6 Å². The quantitative estimate of drug-likeness (QED) is 0.832. The predicted octanol–water partition coefficient (Wildman–Crippen LogP) is 4.61. The molecule has 1 heterocycles. The topological polar surface area (TPSA) is 32.3 Å². The third-order valence-electron chi connectivity index (χ3n) is 4.35. The lowest BCUT2D eigenvalue weighted by atomic mass is 9.89. The number of carbonyl (C=O) groups excluding carboxylic acids is 1. The van der Waals surface area contributed by atoms with E-state index in [1.54, 1.807) is 0 Å². The average molecular weight is 329 g/mol. The van der Waals surface area contributed by atoms with Crippen LogP contribution in [0.4, 0.5) is 11.4 Å². The SMILES string of the molecule is CN1CCC(C(=O)c2cccc(Nc3cccc(Cl)c3)c2)CC1. The Bertz CT molecular complexity index is 693. The van der Waals surface area contributed by atoms with Gasteiger partial charge < -0.3 is 10.2 Å². The van der Waals surface area contributed by atoms with Crippen molar-refractivity contribution in [2.45, 2.75) is 12.8 Å². The highest BCUT2D eigenvalue weighted by atomic mass is 35.5. The Morgan fingerprint density at radius 1 is 1.09 bits per heavy atom. The van der Waals surface area contributed by atoms with Gasteiger partial charge in [0.1, 0.15) is 0 Å². The van der Waals surface area contributed by atoms with Gasteiger partial charge in [0.2, 0.25) is 0 Å². The third kappa shape index (κ3) is 4.12. The van der Waals surface area contributed by atoms with Gasteiger partial charge in [0, 0.05) is 27.9 Å². The van der Waals surface area contributed by atoms with Crippen LogP contribution in [-0.2, 0) is 0 Å². The highest BCUT2D eigenvalue weighted by Crippen LogP contribution is 2.24. The molecule has 0 bridgehead atoms. The minimum Gasteiger partial charge on any atom is -0.355 e. The zero-order valence-electron chi connectivity index (χ0n) is 13.3. The van der Waals surface area contributed by atoms with Crippen molar-refractivity contribution >= 4 is 28.8 Å². The lowest BCUT2D eigenvalue weighted by Gasteiger charge is -2.28. The number of piperidine rings is 1. The molecule has 0 atom stereocenters. The molecule has 1 N–H and O–H groups in total. The zero-order valence-corrected chi connectivity index (χ0v) is 14.0. The number of rotatable bonds is 4. The first-order chi connectivity index (χ1) is 11.1. The van der Waals surface area contributed by atoms with E-state index in [-0.39, 0.29) is 11.7 Å². The Balaban J connectivity index is 1.73. The van der Waals surface area contributed by atoms with Gasteiger partial charge in [-0.05, 0) is 63.3 Å². The van der Waals surface area contributed by atoms with E-state index >= 15 is 0 Å². The van der Waals surface area contributed by atoms with Gasteiger partial charge in [-0.15, -0.1) is 0 Å². The Kier molecular flexibility index (Phi) is 4.99. The standard InChI is InChI=1S/C19H21ClN2O/c1-22-10-8-14(9-11-22)19(23)15-4-2-6-17(12-15)21-18-7-3-5-16(20)13-18/h2-7,12-14,21H,8-11H2,1H3. The van der Waals surface area contributed by atoms with Crippen molar-refractivity contribution in [3.05, 3.63) is 59.1 Å². The summed E-state index contributed by atoms with van der Waals surface area (Å²) in [5, 5.41) is 3.99. The van der Waals surface area contributed by atoms with Gasteiger partial charge in [0.25, 0.3) is 0 Å². The molecule has 120 valence electrons. The van der Waals surface area contributed by atoms with Crippen molar-refractivity contribution in [1.29, 1.82) is 0 Å². The zero-order chi connectivity index (χ0) is 16.2. The number of ketones is 1. The first-order valence-electron chi connectivity index (χ1n) is 7.97. The molecule has 1 aliphatic heterocycles. The summed E-state index contributed by atoms with van der Waals surface area (Å²) in [7, 11) is 2.11. The largest absolute Gasteiger partial charge is 0.355 e. The number of carbonyl (C=O) groups is 1. The molecule has 0 aromatic heterocycles. The van der Waals surface area contributed by atoms with E-state index in [9.17, 15) is 4.79 Å². The molecule has 3 nitrogen and oxygen atoms in total. The summed E-state index contributed by atoms with van der Waals surface area (Å²) >= 11 is 6.01. The molecule has 0 saturated carbocycles. The molecule has 23 heavy (non-hydrogen) atoms. The van der Waals surface area contributed by atoms with Crippen molar-refractivity contribution in [3.63, 3.8) is 0 Å². The number of likely N-dealkylation sites (tertiary alicyclic amines) is 1. The van der Waals surface area contributed by atoms with Crippen molar-refractivity contribution < 1.29 is 4.79 Å². The maximum atomic E-state index is 12.7. The molecule has 0 amide bonds. The fraction of sp³-hybridized carbons (Fsp3) is 0.316. The number of benzene rings is 2. The molecule has 3 rings (SSSR count). The van der Waals surface area contributed by atoms with Crippen LogP contribution in [0.2, 0.25) is 5.02 Å². The van der Waals surface area contributed by atoms with E-state index in [0.29, 0.717) is 5.02 Å². The van der Waals surface area contributed by atoms with Gasteiger partial charge >= 0.3 is 0 Å². The van der Waals surface area contributed by atoms with Crippen LogP contribution in [0.15, 0.2) is 48.5 Å². The highest BCUT2D eigenvalue weighted by molar-refractivity contribution is 6.30. The molecule has 0 spiro atoms. The molecule has 0 aliphatic carbocycles. The fourth-order valence-corrected chi connectivity index (χ4v) is 3.18. The third-order valence-corrected chi connectivity index (χ3v) is 4.58. The lowest BCUT2D eigenvalue weighted by Crippen LogP contribution is -2.33. The Morgan fingerprint density at radius 3 is 2.43 bits per heavy atom. The summed E-state index contributed by atoms with van der Waals surface area (Å²) in [6.07, 6.45) is 1.89. The Morgan fingerprint density at radius 2 is 1.74 bits per heavy atom. The van der Waals surface area contributed by atoms with Gasteiger partial charge in [0.15, 0.2) is 5.78 Å². The van der Waals surface area contributed by atoms with Gasteiger partial charge in [-0.3, -0.25) is 4.79 Å². The Hall–Kier alpha value is -1.84. The summed E-state index contributed by atoms with van der Waals surface area (Å²) in [4.78, 5) is 15.0. The number of halogens is 1. The van der Waals surface area contributed by atoms with Crippen LogP contribution in [0.3, 0.4) is 0 Å². The van der Waals surface area contributed by atoms with Crippen LogP contribution in [0.1, 0.15) is 23.2 Å². The molecule has 0 radical (unpaired) electrons. The van der Waals surface area contributed by atoms with Crippen LogP contribution < -0.4 is 5.32 Å². The summed E-state index contributed by atoms with van der Waals surface area (Å²) < 4.78 is 0. The van der Waals surface area contributed by atoms with E-state index < -0.39 is 0 Å². The summed E-state index contributed by atoms with van der Waals surface area (Å²) in [5.41, 5.74) is 2.61. The van der Waals surface area contributed by atoms with Gasteiger partial charge in [0.05, 0.1) is 0 Å². The van der Waals surface area contributed by atoms with Crippen molar-refractivity contribution in [3.8, 4) is 0 Å². The first kappa shape index (κ1) is 16.0. The fourth-order valence-electron chi connectivity index (χ4n) is 2.99. The van der Waals surface area contributed by atoms with Gasteiger partial charge in [-0.2, -0.15) is 0 Å². The van der Waals surface area contributed by atoms with E-state index in [1.165, 1.54) is 0 Å². The average Bonchev–Trinajstić information content (AvgIpc) is 2.55. The highest BCUT2D eigenvalue weighted by Gasteiger charge is 2.24. The first-order valence-corrected chi connectivity index (χ1v) is 8.35. The number of nitrogens with one attached hydrogen (secondary N) is 1. The Labute approximate surface area is 142 Å². The van der Waals surface area contributed by atoms with E-state index in [1.807, 2.05) is 48.5 Å². The van der Waals surface area contributed by atoms with Crippen LogP contribution in [0.25, 0.3) is 0 Å². The number of nitrogens with zero attached hydrogens (tertiary/aromatic N) is 1. The second kappa shape index (κ2) is 7.16. The molecular weight excluding hydrogens is 308 g/mol.